The summed E-state index contributed by atoms with van der Waals surface area (Å²) < 4.78 is 17.3. The molecule has 0 spiro atoms. The lowest BCUT2D eigenvalue weighted by atomic mass is 10.1. The maximum Gasteiger partial charge on any atom is 0.224 e. The number of hydrogen-bond donors (Lipinski definition) is 1. The van der Waals surface area contributed by atoms with Gasteiger partial charge in [-0.2, -0.15) is 0 Å². The minimum Gasteiger partial charge on any atom is -0.496 e. The Balaban J connectivity index is 1.60. The quantitative estimate of drug-likeness (QED) is 0.475. The SMILES string of the molecule is COc1ccc(CCC(=O)Nc2ccc(OC)c(OCc3ccncc3)c2)cc1Br. The summed E-state index contributed by atoms with van der Waals surface area (Å²) in [7, 11) is 3.21. The van der Waals surface area contributed by atoms with E-state index in [1.54, 1.807) is 44.8 Å². The van der Waals surface area contributed by atoms with Gasteiger partial charge in [-0.1, -0.05) is 6.07 Å². The number of amides is 1. The van der Waals surface area contributed by atoms with Gasteiger partial charge in [0.15, 0.2) is 11.5 Å². The molecule has 30 heavy (non-hydrogen) atoms. The number of aromatic nitrogens is 1. The summed E-state index contributed by atoms with van der Waals surface area (Å²) in [5, 5.41) is 2.92. The molecule has 0 saturated carbocycles. The van der Waals surface area contributed by atoms with Gasteiger partial charge in [-0.05, 0) is 69.9 Å². The van der Waals surface area contributed by atoms with Gasteiger partial charge in [-0.3, -0.25) is 9.78 Å². The standard InChI is InChI=1S/C23H23BrN2O4/c1-28-20-6-3-16(13-19(20)24)4-8-23(27)26-18-5-7-21(29-2)22(14-18)30-15-17-9-11-25-12-10-17/h3,5-7,9-14H,4,8,15H2,1-2H3,(H,26,27). The molecule has 2 aromatic carbocycles. The van der Waals surface area contributed by atoms with Gasteiger partial charge in [0.2, 0.25) is 5.91 Å². The molecule has 7 heteroatoms. The monoisotopic (exact) mass is 470 g/mol. The molecule has 0 unspecified atom stereocenters. The predicted octanol–water partition coefficient (Wildman–Crippen LogP) is 5.01. The predicted molar refractivity (Wildman–Crippen MR) is 119 cm³/mol. The molecular weight excluding hydrogens is 448 g/mol. The van der Waals surface area contributed by atoms with E-state index in [0.717, 1.165) is 21.3 Å². The van der Waals surface area contributed by atoms with Gasteiger partial charge in [-0.25, -0.2) is 0 Å². The van der Waals surface area contributed by atoms with Gasteiger partial charge in [-0.15, -0.1) is 0 Å². The maximum atomic E-state index is 12.4. The summed E-state index contributed by atoms with van der Waals surface area (Å²) in [4.78, 5) is 16.4. The Bertz CT molecular complexity index is 996. The number of hydrogen-bond acceptors (Lipinski definition) is 5. The molecule has 3 aromatic rings. The van der Waals surface area contributed by atoms with Crippen LogP contribution in [-0.4, -0.2) is 25.1 Å². The van der Waals surface area contributed by atoms with E-state index in [0.29, 0.717) is 36.6 Å². The number of benzene rings is 2. The second kappa shape index (κ2) is 10.6. The summed E-state index contributed by atoms with van der Waals surface area (Å²) in [5.41, 5.74) is 2.70. The third kappa shape index (κ3) is 5.97. The highest BCUT2D eigenvalue weighted by Gasteiger charge is 2.10. The molecule has 1 amide bonds. The van der Waals surface area contributed by atoms with E-state index < -0.39 is 0 Å². The first-order valence-corrected chi connectivity index (χ1v) is 10.2. The summed E-state index contributed by atoms with van der Waals surface area (Å²) in [6.45, 7) is 0.378. The fourth-order valence-corrected chi connectivity index (χ4v) is 3.44. The van der Waals surface area contributed by atoms with Crippen molar-refractivity contribution in [3.05, 3.63) is 76.5 Å². The minimum absolute atomic E-state index is 0.0767. The van der Waals surface area contributed by atoms with Crippen LogP contribution in [0.25, 0.3) is 0 Å². The smallest absolute Gasteiger partial charge is 0.224 e. The number of pyridine rings is 1. The zero-order valence-corrected chi connectivity index (χ0v) is 18.4. The molecule has 0 aliphatic rings. The van der Waals surface area contributed by atoms with Crippen LogP contribution in [0, 0.1) is 0 Å². The Morgan fingerprint density at radius 2 is 1.67 bits per heavy atom. The van der Waals surface area contributed by atoms with Crippen LogP contribution >= 0.6 is 15.9 Å². The van der Waals surface area contributed by atoms with Crippen molar-refractivity contribution in [2.45, 2.75) is 19.4 Å². The number of anilines is 1. The van der Waals surface area contributed by atoms with Crippen molar-refractivity contribution in [2.24, 2.45) is 0 Å². The van der Waals surface area contributed by atoms with Crippen molar-refractivity contribution >= 4 is 27.5 Å². The normalized spacial score (nSPS) is 10.4. The highest BCUT2D eigenvalue weighted by atomic mass is 79.9. The number of rotatable bonds is 9. The van der Waals surface area contributed by atoms with Crippen molar-refractivity contribution in [1.29, 1.82) is 0 Å². The summed E-state index contributed by atoms with van der Waals surface area (Å²) in [6, 6.07) is 14.9. The highest BCUT2D eigenvalue weighted by Crippen LogP contribution is 2.31. The molecule has 0 radical (unpaired) electrons. The van der Waals surface area contributed by atoms with Crippen LogP contribution in [0.5, 0.6) is 17.2 Å². The number of carbonyl (C=O) groups excluding carboxylic acids is 1. The Kier molecular flexibility index (Phi) is 7.68. The lowest BCUT2D eigenvalue weighted by Gasteiger charge is -2.13. The van der Waals surface area contributed by atoms with Crippen LogP contribution in [0.15, 0.2) is 65.4 Å². The van der Waals surface area contributed by atoms with Crippen molar-refractivity contribution in [3.63, 3.8) is 0 Å². The number of methoxy groups -OCH3 is 2. The van der Waals surface area contributed by atoms with Gasteiger partial charge < -0.3 is 19.5 Å². The Hall–Kier alpha value is -3.06. The lowest BCUT2D eigenvalue weighted by molar-refractivity contribution is -0.116. The Morgan fingerprint density at radius 3 is 2.37 bits per heavy atom. The van der Waals surface area contributed by atoms with Crippen molar-refractivity contribution < 1.29 is 19.0 Å². The maximum absolute atomic E-state index is 12.4. The number of carbonyl (C=O) groups is 1. The van der Waals surface area contributed by atoms with Crippen molar-refractivity contribution in [1.82, 2.24) is 4.98 Å². The minimum atomic E-state index is -0.0767. The molecule has 6 nitrogen and oxygen atoms in total. The summed E-state index contributed by atoms with van der Waals surface area (Å²) in [6.07, 6.45) is 4.41. The number of nitrogens with zero attached hydrogens (tertiary/aromatic N) is 1. The van der Waals surface area contributed by atoms with E-state index in [1.165, 1.54) is 0 Å². The van der Waals surface area contributed by atoms with Crippen LogP contribution < -0.4 is 19.5 Å². The van der Waals surface area contributed by atoms with Crippen molar-refractivity contribution in [3.8, 4) is 17.2 Å². The van der Waals surface area contributed by atoms with E-state index in [2.05, 4.69) is 26.2 Å². The largest absolute Gasteiger partial charge is 0.496 e. The summed E-state index contributed by atoms with van der Waals surface area (Å²) in [5.74, 6) is 1.85. The number of nitrogens with one attached hydrogen (secondary N) is 1. The van der Waals surface area contributed by atoms with Gasteiger partial charge >= 0.3 is 0 Å². The third-order valence-electron chi connectivity index (χ3n) is 4.45. The lowest BCUT2D eigenvalue weighted by Crippen LogP contribution is -2.12. The molecule has 0 aliphatic heterocycles. The molecule has 0 bridgehead atoms. The Labute approximate surface area is 184 Å². The van der Waals surface area contributed by atoms with Crippen LogP contribution in [-0.2, 0) is 17.8 Å². The van der Waals surface area contributed by atoms with E-state index in [-0.39, 0.29) is 5.91 Å². The van der Waals surface area contributed by atoms with Crippen LogP contribution in [0.1, 0.15) is 17.5 Å². The zero-order valence-electron chi connectivity index (χ0n) is 16.9. The molecule has 0 aliphatic carbocycles. The summed E-state index contributed by atoms with van der Waals surface area (Å²) >= 11 is 3.47. The van der Waals surface area contributed by atoms with E-state index in [9.17, 15) is 4.79 Å². The average Bonchev–Trinajstić information content (AvgIpc) is 2.77. The van der Waals surface area contributed by atoms with Crippen LogP contribution in [0.3, 0.4) is 0 Å². The molecule has 0 saturated heterocycles. The van der Waals surface area contributed by atoms with E-state index in [1.807, 2.05) is 30.3 Å². The molecule has 156 valence electrons. The third-order valence-corrected chi connectivity index (χ3v) is 5.07. The molecular formula is C23H23BrN2O4. The molecule has 1 aromatic heterocycles. The van der Waals surface area contributed by atoms with Crippen molar-refractivity contribution in [2.75, 3.05) is 19.5 Å². The first-order valence-electron chi connectivity index (χ1n) is 9.41. The first kappa shape index (κ1) is 21.6. The molecule has 1 heterocycles. The van der Waals surface area contributed by atoms with Crippen LogP contribution in [0.2, 0.25) is 0 Å². The van der Waals surface area contributed by atoms with Gasteiger partial charge in [0.25, 0.3) is 0 Å². The fraction of sp³-hybridized carbons (Fsp3) is 0.217. The van der Waals surface area contributed by atoms with Gasteiger partial charge in [0, 0.05) is 30.6 Å². The van der Waals surface area contributed by atoms with E-state index >= 15 is 0 Å². The molecule has 0 atom stereocenters. The fourth-order valence-electron chi connectivity index (χ4n) is 2.85. The molecule has 1 N–H and O–H groups in total. The van der Waals surface area contributed by atoms with E-state index in [4.69, 9.17) is 14.2 Å². The van der Waals surface area contributed by atoms with Gasteiger partial charge in [0.05, 0.1) is 18.7 Å². The highest BCUT2D eigenvalue weighted by molar-refractivity contribution is 9.10. The second-order valence-electron chi connectivity index (χ2n) is 6.53. The topological polar surface area (TPSA) is 69.7 Å². The number of aryl methyl sites for hydroxylation is 1. The van der Waals surface area contributed by atoms with Crippen LogP contribution in [0.4, 0.5) is 5.69 Å². The second-order valence-corrected chi connectivity index (χ2v) is 7.38. The first-order chi connectivity index (χ1) is 14.6. The zero-order chi connectivity index (χ0) is 21.3. The van der Waals surface area contributed by atoms with Gasteiger partial charge in [0.1, 0.15) is 12.4 Å². The number of halogens is 1. The number of ether oxygens (including phenoxy) is 3. The molecule has 3 rings (SSSR count). The molecule has 0 fully saturated rings. The average molecular weight is 471 g/mol. The Morgan fingerprint density at radius 1 is 0.933 bits per heavy atom.